The molecule has 152 valence electrons. The third-order valence-corrected chi connectivity index (χ3v) is 4.44. The highest BCUT2D eigenvalue weighted by Gasteiger charge is 2.30. The summed E-state index contributed by atoms with van der Waals surface area (Å²) in [4.78, 5) is 16.8. The second kappa shape index (κ2) is 7.51. The molecular formula is C21H15F3N4O2. The highest BCUT2D eigenvalue weighted by Crippen LogP contribution is 2.30. The zero-order valence-corrected chi connectivity index (χ0v) is 15.6. The zero-order chi connectivity index (χ0) is 21.3. The number of fused-ring (bicyclic) bond motifs is 1. The Morgan fingerprint density at radius 2 is 1.70 bits per heavy atom. The van der Waals surface area contributed by atoms with Gasteiger partial charge in [-0.1, -0.05) is 30.3 Å². The molecule has 0 aliphatic rings. The van der Waals surface area contributed by atoms with Gasteiger partial charge in [0.25, 0.3) is 5.91 Å². The molecule has 0 fully saturated rings. The number of carbonyl (C=O) groups excluding carboxylic acids is 1. The van der Waals surface area contributed by atoms with E-state index in [9.17, 15) is 18.0 Å². The number of hydrogen-bond donors (Lipinski definition) is 1. The molecule has 2 aromatic heterocycles. The maximum absolute atomic E-state index is 12.7. The third kappa shape index (κ3) is 3.69. The molecule has 0 saturated carbocycles. The molecule has 9 heteroatoms. The van der Waals surface area contributed by atoms with E-state index in [1.807, 2.05) is 36.4 Å². The molecule has 1 N–H and O–H groups in total. The predicted molar refractivity (Wildman–Crippen MR) is 104 cm³/mol. The van der Waals surface area contributed by atoms with Crippen LogP contribution in [0.5, 0.6) is 5.88 Å². The molecule has 4 rings (SSSR count). The van der Waals surface area contributed by atoms with E-state index >= 15 is 0 Å². The minimum atomic E-state index is -4.47. The summed E-state index contributed by atoms with van der Waals surface area (Å²) in [6.45, 7) is 0. The fraction of sp³-hybridized carbons (Fsp3) is 0.0952. The van der Waals surface area contributed by atoms with Gasteiger partial charge in [0.1, 0.15) is 0 Å². The van der Waals surface area contributed by atoms with Crippen LogP contribution >= 0.6 is 0 Å². The number of alkyl halides is 3. The molecule has 0 atom stereocenters. The lowest BCUT2D eigenvalue weighted by Crippen LogP contribution is -2.14. The Morgan fingerprint density at radius 1 is 1.00 bits per heavy atom. The topological polar surface area (TPSA) is 68.5 Å². The molecule has 4 aromatic rings. The Morgan fingerprint density at radius 3 is 2.33 bits per heavy atom. The van der Waals surface area contributed by atoms with Gasteiger partial charge in [0.2, 0.25) is 11.8 Å². The third-order valence-electron chi connectivity index (χ3n) is 4.44. The number of rotatable bonds is 4. The van der Waals surface area contributed by atoms with Gasteiger partial charge in [0.15, 0.2) is 5.65 Å². The molecule has 0 unspecified atom stereocenters. The van der Waals surface area contributed by atoms with E-state index in [1.54, 1.807) is 6.07 Å². The van der Waals surface area contributed by atoms with Crippen LogP contribution in [0.2, 0.25) is 0 Å². The first-order valence-corrected chi connectivity index (χ1v) is 8.84. The van der Waals surface area contributed by atoms with E-state index in [-0.39, 0.29) is 11.5 Å². The molecule has 1 amide bonds. The van der Waals surface area contributed by atoms with E-state index in [0.717, 1.165) is 35.4 Å². The monoisotopic (exact) mass is 412 g/mol. The normalized spacial score (nSPS) is 11.5. The Labute approximate surface area is 168 Å². The molecule has 2 heterocycles. The standard InChI is InChI=1S/C21H15F3N4O2/c1-30-17-12-11-16(13-5-3-2-4-6-13)18-25-20(27-28(17)18)26-19(29)14-7-9-15(10-8-14)21(22,23)24/h2-12H,1H3,(H,26,27,29). The van der Waals surface area contributed by atoms with Crippen molar-refractivity contribution in [2.75, 3.05) is 12.4 Å². The van der Waals surface area contributed by atoms with Crippen LogP contribution in [-0.2, 0) is 6.18 Å². The molecule has 6 nitrogen and oxygen atoms in total. The summed E-state index contributed by atoms with van der Waals surface area (Å²) in [5, 5.41) is 6.78. The number of ether oxygens (including phenoxy) is 1. The second-order valence-electron chi connectivity index (χ2n) is 6.36. The second-order valence-corrected chi connectivity index (χ2v) is 6.36. The van der Waals surface area contributed by atoms with Gasteiger partial charge in [-0.25, -0.2) is 0 Å². The number of carbonyl (C=O) groups is 1. The van der Waals surface area contributed by atoms with E-state index < -0.39 is 17.6 Å². The largest absolute Gasteiger partial charge is 0.481 e. The van der Waals surface area contributed by atoms with Crippen molar-refractivity contribution in [1.29, 1.82) is 0 Å². The molecule has 0 spiro atoms. The molecule has 0 aliphatic carbocycles. The summed E-state index contributed by atoms with van der Waals surface area (Å²) in [6, 6.07) is 17.0. The highest BCUT2D eigenvalue weighted by atomic mass is 19.4. The zero-order valence-electron chi connectivity index (χ0n) is 15.6. The number of amides is 1. The number of methoxy groups -OCH3 is 1. The number of pyridine rings is 1. The van der Waals surface area contributed by atoms with Gasteiger partial charge in [0.05, 0.1) is 12.7 Å². The molecule has 0 aliphatic heterocycles. The predicted octanol–water partition coefficient (Wildman–Crippen LogP) is 4.68. The van der Waals surface area contributed by atoms with Gasteiger partial charge >= 0.3 is 6.18 Å². The van der Waals surface area contributed by atoms with Crippen molar-refractivity contribution >= 4 is 17.5 Å². The number of anilines is 1. The molecule has 0 radical (unpaired) electrons. The molecule has 2 aromatic carbocycles. The summed E-state index contributed by atoms with van der Waals surface area (Å²) in [7, 11) is 1.49. The lowest BCUT2D eigenvalue weighted by atomic mass is 10.1. The number of nitrogens with one attached hydrogen (secondary N) is 1. The minimum absolute atomic E-state index is 0.00146. The van der Waals surface area contributed by atoms with Crippen LogP contribution in [-0.4, -0.2) is 27.6 Å². The van der Waals surface area contributed by atoms with Crippen molar-refractivity contribution in [2.24, 2.45) is 0 Å². The van der Waals surface area contributed by atoms with E-state index in [0.29, 0.717) is 11.5 Å². The summed E-state index contributed by atoms with van der Waals surface area (Å²) in [6.07, 6.45) is -4.47. The first kappa shape index (κ1) is 19.4. The number of benzene rings is 2. The molecule has 0 saturated heterocycles. The van der Waals surface area contributed by atoms with Crippen LogP contribution < -0.4 is 10.1 Å². The molecular weight excluding hydrogens is 397 g/mol. The van der Waals surface area contributed by atoms with Crippen molar-refractivity contribution in [1.82, 2.24) is 14.6 Å². The van der Waals surface area contributed by atoms with Crippen LogP contribution in [0.15, 0.2) is 66.7 Å². The smallest absolute Gasteiger partial charge is 0.416 e. The molecule has 0 bridgehead atoms. The Kier molecular flexibility index (Phi) is 4.86. The van der Waals surface area contributed by atoms with Crippen molar-refractivity contribution in [3.8, 4) is 17.0 Å². The van der Waals surface area contributed by atoms with Crippen molar-refractivity contribution in [2.45, 2.75) is 6.18 Å². The summed E-state index contributed by atoms with van der Waals surface area (Å²) in [5.41, 5.74) is 1.36. The Hall–Kier alpha value is -3.88. The summed E-state index contributed by atoms with van der Waals surface area (Å²) >= 11 is 0. The average Bonchev–Trinajstić information content (AvgIpc) is 3.16. The Bertz CT molecular complexity index is 1200. The van der Waals surface area contributed by atoms with Crippen molar-refractivity contribution in [3.63, 3.8) is 0 Å². The minimum Gasteiger partial charge on any atom is -0.481 e. The van der Waals surface area contributed by atoms with Crippen molar-refractivity contribution in [3.05, 3.63) is 77.9 Å². The quantitative estimate of drug-likeness (QED) is 0.529. The van der Waals surface area contributed by atoms with Crippen LogP contribution in [0.25, 0.3) is 16.8 Å². The lowest BCUT2D eigenvalue weighted by Gasteiger charge is -2.07. The SMILES string of the molecule is COc1ccc(-c2ccccc2)c2nc(NC(=O)c3ccc(C(F)(F)F)cc3)nn12. The maximum atomic E-state index is 12.7. The highest BCUT2D eigenvalue weighted by molar-refractivity contribution is 6.03. The van der Waals surface area contributed by atoms with Gasteiger partial charge < -0.3 is 4.74 Å². The van der Waals surface area contributed by atoms with Crippen molar-refractivity contribution < 1.29 is 22.7 Å². The van der Waals surface area contributed by atoms with Gasteiger partial charge in [0, 0.05) is 17.2 Å². The van der Waals surface area contributed by atoms with Gasteiger partial charge in [-0.15, -0.1) is 5.10 Å². The van der Waals surface area contributed by atoms with Crippen LogP contribution in [0.4, 0.5) is 19.1 Å². The summed E-state index contributed by atoms with van der Waals surface area (Å²) in [5.74, 6) is -0.214. The van der Waals surface area contributed by atoms with Crippen LogP contribution in [0, 0.1) is 0 Å². The van der Waals surface area contributed by atoms with Gasteiger partial charge in [-0.05, 0) is 35.9 Å². The molecule has 30 heavy (non-hydrogen) atoms. The van der Waals surface area contributed by atoms with E-state index in [2.05, 4.69) is 15.4 Å². The first-order valence-electron chi connectivity index (χ1n) is 8.84. The lowest BCUT2D eigenvalue weighted by molar-refractivity contribution is -0.137. The van der Waals surface area contributed by atoms with Gasteiger partial charge in [-0.2, -0.15) is 22.7 Å². The van der Waals surface area contributed by atoms with Gasteiger partial charge in [-0.3, -0.25) is 10.1 Å². The maximum Gasteiger partial charge on any atom is 0.416 e. The van der Waals surface area contributed by atoms with Crippen LogP contribution in [0.1, 0.15) is 15.9 Å². The fourth-order valence-electron chi connectivity index (χ4n) is 2.97. The number of aromatic nitrogens is 3. The Balaban J connectivity index is 1.67. The van der Waals surface area contributed by atoms with E-state index in [1.165, 1.54) is 11.6 Å². The summed E-state index contributed by atoms with van der Waals surface area (Å²) < 4.78 is 44.9. The van der Waals surface area contributed by atoms with Crippen LogP contribution in [0.3, 0.4) is 0 Å². The first-order chi connectivity index (χ1) is 14.4. The number of hydrogen-bond acceptors (Lipinski definition) is 4. The fourth-order valence-corrected chi connectivity index (χ4v) is 2.97. The van der Waals surface area contributed by atoms with E-state index in [4.69, 9.17) is 4.74 Å². The average molecular weight is 412 g/mol. The number of halogens is 3. The number of nitrogens with zero attached hydrogens (tertiary/aromatic N) is 3.